The topological polar surface area (TPSA) is 79.0 Å². The van der Waals surface area contributed by atoms with Crippen LogP contribution in [0, 0.1) is 0 Å². The van der Waals surface area contributed by atoms with Crippen molar-refractivity contribution in [3.63, 3.8) is 0 Å². The molecule has 0 aromatic heterocycles. The lowest BCUT2D eigenvalue weighted by Gasteiger charge is -2.33. The lowest BCUT2D eigenvalue weighted by atomic mass is 10.1. The molecule has 1 atom stereocenters. The Balaban J connectivity index is 1.17. The van der Waals surface area contributed by atoms with Crippen molar-refractivity contribution in [3.8, 4) is 0 Å². The molecule has 0 saturated carbocycles. The Hall–Kier alpha value is -3.03. The Bertz CT molecular complexity index is 912. The van der Waals surface area contributed by atoms with E-state index in [0.717, 1.165) is 19.6 Å². The molecule has 7 nitrogen and oxygen atoms in total. The lowest BCUT2D eigenvalue weighted by molar-refractivity contribution is -0.122. The second kappa shape index (κ2) is 9.85. The van der Waals surface area contributed by atoms with Crippen LogP contribution in [0.3, 0.4) is 0 Å². The highest BCUT2D eigenvalue weighted by molar-refractivity contribution is 6.21. The Morgan fingerprint density at radius 3 is 2.39 bits per heavy atom. The van der Waals surface area contributed by atoms with Crippen LogP contribution in [0.1, 0.15) is 39.1 Å². The van der Waals surface area contributed by atoms with Crippen LogP contribution in [0.5, 0.6) is 0 Å². The average molecular weight is 421 g/mol. The first-order chi connectivity index (χ1) is 15.1. The third-order valence-electron chi connectivity index (χ3n) is 5.66. The summed E-state index contributed by atoms with van der Waals surface area (Å²) < 4.78 is 5.79. The lowest BCUT2D eigenvalue weighted by Crippen LogP contribution is -2.47. The Kier molecular flexibility index (Phi) is 6.74. The van der Waals surface area contributed by atoms with Gasteiger partial charge in [0.1, 0.15) is 0 Å². The van der Waals surface area contributed by atoms with E-state index in [0.29, 0.717) is 30.7 Å². The molecule has 0 bridgehead atoms. The van der Waals surface area contributed by atoms with E-state index in [-0.39, 0.29) is 36.8 Å². The standard InChI is InChI=1S/C24H27N3O4/c28-22(11-6-12-27-23(29)20-9-4-5-10-21(20)24(27)30)25-15-19-17-26(13-14-31-19)16-18-7-2-1-3-8-18/h1-5,7-10,19H,6,11-17H2,(H,25,28)/t19-/m0/s1. The fourth-order valence-corrected chi connectivity index (χ4v) is 4.05. The number of imide groups is 1. The van der Waals surface area contributed by atoms with Crippen molar-refractivity contribution >= 4 is 17.7 Å². The SMILES string of the molecule is O=C(CCCN1C(=O)c2ccccc2C1=O)NC[C@H]1CN(Cc2ccccc2)CCO1. The summed E-state index contributed by atoms with van der Waals surface area (Å²) in [6, 6.07) is 17.1. The van der Waals surface area contributed by atoms with E-state index in [9.17, 15) is 14.4 Å². The second-order valence-electron chi connectivity index (χ2n) is 7.93. The Morgan fingerprint density at radius 1 is 1.00 bits per heavy atom. The van der Waals surface area contributed by atoms with Crippen molar-refractivity contribution in [1.29, 1.82) is 0 Å². The number of carbonyl (C=O) groups is 3. The summed E-state index contributed by atoms with van der Waals surface area (Å²) in [7, 11) is 0. The number of amides is 3. The van der Waals surface area contributed by atoms with Gasteiger partial charge in [0.15, 0.2) is 0 Å². The van der Waals surface area contributed by atoms with Crippen molar-refractivity contribution in [1.82, 2.24) is 15.1 Å². The van der Waals surface area contributed by atoms with Gasteiger partial charge >= 0.3 is 0 Å². The van der Waals surface area contributed by atoms with E-state index >= 15 is 0 Å². The number of nitrogens with one attached hydrogen (secondary N) is 1. The number of ether oxygens (including phenoxy) is 1. The predicted molar refractivity (Wildman–Crippen MR) is 116 cm³/mol. The number of hydrogen-bond acceptors (Lipinski definition) is 5. The third kappa shape index (κ3) is 5.18. The molecule has 0 radical (unpaired) electrons. The number of fused-ring (bicyclic) bond motifs is 1. The maximum atomic E-state index is 12.4. The van der Waals surface area contributed by atoms with E-state index in [1.54, 1.807) is 24.3 Å². The van der Waals surface area contributed by atoms with Gasteiger partial charge in [-0.3, -0.25) is 24.2 Å². The normalized spacial score (nSPS) is 18.8. The molecule has 4 rings (SSSR count). The molecule has 0 spiro atoms. The quantitative estimate of drug-likeness (QED) is 0.661. The molecule has 2 aromatic rings. The molecule has 1 fully saturated rings. The molecular weight excluding hydrogens is 394 g/mol. The van der Waals surface area contributed by atoms with Crippen molar-refractivity contribution in [2.45, 2.75) is 25.5 Å². The monoisotopic (exact) mass is 421 g/mol. The highest BCUT2D eigenvalue weighted by atomic mass is 16.5. The van der Waals surface area contributed by atoms with Crippen LogP contribution in [-0.4, -0.2) is 66.4 Å². The van der Waals surface area contributed by atoms with E-state index in [4.69, 9.17) is 4.74 Å². The molecule has 7 heteroatoms. The predicted octanol–water partition coefficient (Wildman–Crippen LogP) is 2.08. The van der Waals surface area contributed by atoms with Crippen molar-refractivity contribution in [2.24, 2.45) is 0 Å². The van der Waals surface area contributed by atoms with Gasteiger partial charge in [0.2, 0.25) is 5.91 Å². The fourth-order valence-electron chi connectivity index (χ4n) is 4.05. The maximum Gasteiger partial charge on any atom is 0.261 e. The number of hydrogen-bond donors (Lipinski definition) is 1. The summed E-state index contributed by atoms with van der Waals surface area (Å²) in [5.41, 5.74) is 2.14. The van der Waals surface area contributed by atoms with E-state index in [2.05, 4.69) is 22.3 Å². The van der Waals surface area contributed by atoms with Crippen molar-refractivity contribution in [2.75, 3.05) is 32.8 Å². The summed E-state index contributed by atoms with van der Waals surface area (Å²) in [5, 5.41) is 2.92. The number of nitrogens with zero attached hydrogens (tertiary/aromatic N) is 2. The molecule has 0 unspecified atom stereocenters. The zero-order chi connectivity index (χ0) is 21.6. The molecule has 31 heavy (non-hydrogen) atoms. The second-order valence-corrected chi connectivity index (χ2v) is 7.93. The first-order valence-corrected chi connectivity index (χ1v) is 10.7. The van der Waals surface area contributed by atoms with Crippen LogP contribution in [0.15, 0.2) is 54.6 Å². The van der Waals surface area contributed by atoms with Gasteiger partial charge in [-0.25, -0.2) is 0 Å². The molecule has 1 N–H and O–H groups in total. The van der Waals surface area contributed by atoms with Crippen molar-refractivity contribution < 1.29 is 19.1 Å². The summed E-state index contributed by atoms with van der Waals surface area (Å²) in [4.78, 5) is 40.5. The number of carbonyl (C=O) groups excluding carboxylic acids is 3. The van der Waals surface area contributed by atoms with Gasteiger partial charge in [-0.05, 0) is 24.1 Å². The zero-order valence-electron chi connectivity index (χ0n) is 17.5. The highest BCUT2D eigenvalue weighted by Crippen LogP contribution is 2.22. The molecule has 2 heterocycles. The van der Waals surface area contributed by atoms with Gasteiger partial charge in [0, 0.05) is 39.1 Å². The highest BCUT2D eigenvalue weighted by Gasteiger charge is 2.34. The van der Waals surface area contributed by atoms with Gasteiger partial charge < -0.3 is 10.1 Å². The summed E-state index contributed by atoms with van der Waals surface area (Å²) in [6.45, 7) is 3.85. The molecule has 0 aliphatic carbocycles. The van der Waals surface area contributed by atoms with Gasteiger partial charge in [-0.15, -0.1) is 0 Å². The largest absolute Gasteiger partial charge is 0.374 e. The van der Waals surface area contributed by atoms with Gasteiger partial charge in [0.25, 0.3) is 11.8 Å². The number of benzene rings is 2. The minimum Gasteiger partial charge on any atom is -0.374 e. The zero-order valence-corrected chi connectivity index (χ0v) is 17.5. The third-order valence-corrected chi connectivity index (χ3v) is 5.66. The summed E-state index contributed by atoms with van der Waals surface area (Å²) in [5.74, 6) is -0.661. The van der Waals surface area contributed by atoms with Crippen LogP contribution in [0.2, 0.25) is 0 Å². The van der Waals surface area contributed by atoms with E-state index < -0.39 is 0 Å². The summed E-state index contributed by atoms with van der Waals surface area (Å²) >= 11 is 0. The fraction of sp³-hybridized carbons (Fsp3) is 0.375. The first kappa shape index (κ1) is 21.2. The number of morpholine rings is 1. The molecule has 3 amide bonds. The van der Waals surface area contributed by atoms with Gasteiger partial charge in [-0.1, -0.05) is 42.5 Å². The van der Waals surface area contributed by atoms with Gasteiger partial charge in [-0.2, -0.15) is 0 Å². The van der Waals surface area contributed by atoms with E-state index in [1.165, 1.54) is 10.5 Å². The maximum absolute atomic E-state index is 12.4. The van der Waals surface area contributed by atoms with Crippen LogP contribution in [0.25, 0.3) is 0 Å². The molecule has 2 aromatic carbocycles. The van der Waals surface area contributed by atoms with Gasteiger partial charge in [0.05, 0.1) is 23.8 Å². The Morgan fingerprint density at radius 2 is 1.68 bits per heavy atom. The average Bonchev–Trinajstić information content (AvgIpc) is 3.04. The number of rotatable bonds is 8. The van der Waals surface area contributed by atoms with E-state index in [1.807, 2.05) is 18.2 Å². The van der Waals surface area contributed by atoms with Crippen molar-refractivity contribution in [3.05, 3.63) is 71.3 Å². The van der Waals surface area contributed by atoms with Crippen LogP contribution >= 0.6 is 0 Å². The summed E-state index contributed by atoms with van der Waals surface area (Å²) in [6.07, 6.45) is 0.647. The smallest absolute Gasteiger partial charge is 0.261 e. The molecule has 2 aliphatic rings. The van der Waals surface area contributed by atoms with Crippen LogP contribution in [0.4, 0.5) is 0 Å². The first-order valence-electron chi connectivity index (χ1n) is 10.7. The van der Waals surface area contributed by atoms with Crippen LogP contribution < -0.4 is 5.32 Å². The molecule has 1 saturated heterocycles. The van der Waals surface area contributed by atoms with Crippen LogP contribution in [-0.2, 0) is 16.1 Å². The molecule has 2 aliphatic heterocycles. The molecular formula is C24H27N3O4. The molecule has 162 valence electrons. The Labute approximate surface area is 182 Å². The minimum atomic E-state index is -0.282. The minimum absolute atomic E-state index is 0.0438.